The number of rotatable bonds is 4. The third kappa shape index (κ3) is 3.70. The fourth-order valence-corrected chi connectivity index (χ4v) is 8.86. The minimum Gasteiger partial charge on any atom is -0.338 e. The fourth-order valence-electron chi connectivity index (χ4n) is 8.86. The minimum atomic E-state index is -0.231. The molecule has 0 aliphatic carbocycles. The Morgan fingerprint density at radius 3 is 0.979 bits per heavy atom. The van der Waals surface area contributed by atoms with Crippen LogP contribution in [0.5, 0.6) is 0 Å². The van der Waals surface area contributed by atoms with E-state index in [2.05, 4.69) is 117 Å². The minimum absolute atomic E-state index is 0.231. The number of hydrogen-bond donors (Lipinski definition) is 0. The highest BCUT2D eigenvalue weighted by Gasteiger charge is 2.48. The summed E-state index contributed by atoms with van der Waals surface area (Å²) in [6.45, 7) is 3.05. The van der Waals surface area contributed by atoms with Gasteiger partial charge < -0.3 is 19.6 Å². The molecule has 0 saturated carbocycles. The lowest BCUT2D eigenvalue weighted by Gasteiger charge is -2.38. The first-order valence-electron chi connectivity index (χ1n) is 17.1. The Bertz CT molecular complexity index is 2050. The molecule has 0 bridgehead atoms. The summed E-state index contributed by atoms with van der Waals surface area (Å²) in [6, 6.07) is 34.4. The first-order valence-corrected chi connectivity index (χ1v) is 17.1. The molecule has 0 N–H and O–H groups in total. The zero-order valence-corrected chi connectivity index (χ0v) is 26.9. The molecule has 5 aromatic carbocycles. The van der Waals surface area contributed by atoms with E-state index in [1.165, 1.54) is 27.2 Å². The van der Waals surface area contributed by atoms with Crippen LogP contribution in [-0.4, -0.2) is 49.9 Å². The zero-order valence-electron chi connectivity index (χ0n) is 26.9. The molecule has 5 aromatic rings. The van der Waals surface area contributed by atoms with Crippen LogP contribution in [0.4, 0.5) is 45.5 Å². The Hall–Kier alpha value is -5.56. The van der Waals surface area contributed by atoms with Gasteiger partial charge in [-0.15, -0.1) is 0 Å². The Balaban J connectivity index is 1.38. The number of fused-ring (bicyclic) bond motifs is 5. The molecule has 0 radical (unpaired) electrons. The lowest BCUT2D eigenvalue weighted by atomic mass is 9.96. The molecule has 7 nitrogen and oxygen atoms in total. The molecule has 5 heterocycles. The number of benzene rings is 5. The molecule has 5 aliphatic heterocycles. The summed E-state index contributed by atoms with van der Waals surface area (Å²) in [5.41, 5.74) is 14.4. The normalized spacial score (nSPS) is 17.3. The van der Waals surface area contributed by atoms with Gasteiger partial charge >= 0.3 is 0 Å². The quantitative estimate of drug-likeness (QED) is 0.190. The fraction of sp³-hybridized carbons (Fsp3) is 0.220. The Kier molecular flexibility index (Phi) is 5.86. The highest BCUT2D eigenvalue weighted by Crippen LogP contribution is 2.60. The average Bonchev–Trinajstić information content (AvgIpc) is 3.96. The van der Waals surface area contributed by atoms with Gasteiger partial charge in [-0.3, -0.25) is 14.5 Å². The number of carbonyl (C=O) groups excluding carboxylic acids is 2. The van der Waals surface area contributed by atoms with Crippen LogP contribution in [0.15, 0.2) is 97.1 Å². The van der Waals surface area contributed by atoms with Gasteiger partial charge in [-0.2, -0.15) is 0 Å². The van der Waals surface area contributed by atoms with Crippen LogP contribution in [0.25, 0.3) is 0 Å². The predicted octanol–water partition coefficient (Wildman–Crippen LogP) is 7.69. The van der Waals surface area contributed by atoms with Gasteiger partial charge in [-0.25, -0.2) is 0 Å². The second-order valence-electron chi connectivity index (χ2n) is 13.4. The molecule has 0 atom stereocenters. The van der Waals surface area contributed by atoms with Crippen molar-refractivity contribution >= 4 is 57.3 Å². The molecule has 0 unspecified atom stereocenters. The second kappa shape index (κ2) is 10.2. The van der Waals surface area contributed by atoms with Crippen LogP contribution in [0.3, 0.4) is 0 Å². The zero-order chi connectivity index (χ0) is 32.1. The molecule has 0 aromatic heterocycles. The number of amides is 2. The number of hydrogen-bond acceptors (Lipinski definition) is 6. The Morgan fingerprint density at radius 1 is 0.396 bits per heavy atom. The summed E-state index contributed by atoms with van der Waals surface area (Å²) in [5.74, 6) is -0.463. The largest absolute Gasteiger partial charge is 0.338 e. The van der Waals surface area contributed by atoms with Gasteiger partial charge in [0.25, 0.3) is 11.8 Å². The summed E-state index contributed by atoms with van der Waals surface area (Å²) < 4.78 is 0. The molecular weight excluding hydrogens is 594 g/mol. The molecule has 7 heteroatoms. The van der Waals surface area contributed by atoms with E-state index in [-0.39, 0.29) is 11.8 Å². The van der Waals surface area contributed by atoms with Gasteiger partial charge in [-0.05, 0) is 72.2 Å². The van der Waals surface area contributed by atoms with Crippen molar-refractivity contribution in [3.05, 3.63) is 130 Å². The highest BCUT2D eigenvalue weighted by molar-refractivity contribution is 6.30. The number of anilines is 8. The van der Waals surface area contributed by atoms with Gasteiger partial charge in [-0.1, -0.05) is 72.8 Å². The third-order valence-corrected chi connectivity index (χ3v) is 11.1. The SMILES string of the molecule is CN1C(=O)c2c(c(N3CCc4ccccc43)c(N3CCc4ccccc43)c(N3CCc4ccccc43)c2N2CCc3ccccc32)C1=O. The summed E-state index contributed by atoms with van der Waals surface area (Å²) >= 11 is 0. The lowest BCUT2D eigenvalue weighted by molar-refractivity contribution is 0.0693. The second-order valence-corrected chi connectivity index (χ2v) is 13.4. The number of imide groups is 1. The summed E-state index contributed by atoms with van der Waals surface area (Å²) in [6.07, 6.45) is 3.58. The highest BCUT2D eigenvalue weighted by atomic mass is 16.2. The molecule has 236 valence electrons. The predicted molar refractivity (Wildman–Crippen MR) is 191 cm³/mol. The van der Waals surface area contributed by atoms with Crippen LogP contribution in [0.1, 0.15) is 43.0 Å². The van der Waals surface area contributed by atoms with Crippen LogP contribution >= 0.6 is 0 Å². The van der Waals surface area contributed by atoms with E-state index >= 15 is 0 Å². The van der Waals surface area contributed by atoms with E-state index in [0.29, 0.717) is 11.1 Å². The maximum atomic E-state index is 14.6. The van der Waals surface area contributed by atoms with Crippen LogP contribution in [-0.2, 0) is 25.7 Å². The van der Waals surface area contributed by atoms with E-state index in [0.717, 1.165) is 97.4 Å². The van der Waals surface area contributed by atoms with Crippen LogP contribution in [0.2, 0.25) is 0 Å². The van der Waals surface area contributed by atoms with Crippen LogP contribution < -0.4 is 19.6 Å². The third-order valence-electron chi connectivity index (χ3n) is 11.1. The number of para-hydroxylation sites is 4. The molecule has 2 amide bonds. The molecule has 0 saturated heterocycles. The van der Waals surface area contributed by atoms with Crippen LogP contribution in [0, 0.1) is 0 Å². The maximum absolute atomic E-state index is 14.6. The molecule has 10 rings (SSSR count). The monoisotopic (exact) mass is 629 g/mol. The Labute approximate surface area is 280 Å². The molecule has 0 spiro atoms. The van der Waals surface area contributed by atoms with Gasteiger partial charge in [0, 0.05) is 56.0 Å². The van der Waals surface area contributed by atoms with E-state index < -0.39 is 0 Å². The standard InChI is InChI=1S/C41H35N5O2/c1-42-40(47)34-35(41(42)48)37(44-23-19-27-11-3-7-15-31(27)44)39(46-25-21-29-13-5-9-17-33(29)46)38(45-24-20-28-12-4-8-16-32(28)45)36(34)43-22-18-26-10-2-6-14-30(26)43/h2-17H,18-25H2,1H3. The molecule has 5 aliphatic rings. The van der Waals surface area contributed by atoms with Crippen molar-refractivity contribution in [3.63, 3.8) is 0 Å². The first-order chi connectivity index (χ1) is 23.6. The molecule has 0 fully saturated rings. The van der Waals surface area contributed by atoms with E-state index in [1.54, 1.807) is 7.05 Å². The van der Waals surface area contributed by atoms with Gasteiger partial charge in [0.1, 0.15) is 0 Å². The number of nitrogens with zero attached hydrogens (tertiary/aromatic N) is 5. The van der Waals surface area contributed by atoms with Gasteiger partial charge in [0.2, 0.25) is 0 Å². The first kappa shape index (κ1) is 27.5. The van der Waals surface area contributed by atoms with Crippen molar-refractivity contribution in [2.75, 3.05) is 52.8 Å². The summed E-state index contributed by atoms with van der Waals surface area (Å²) in [4.78, 5) is 40.1. The number of carbonyl (C=O) groups is 2. The van der Waals surface area contributed by atoms with Crippen molar-refractivity contribution in [1.82, 2.24) is 4.90 Å². The maximum Gasteiger partial charge on any atom is 0.263 e. The van der Waals surface area contributed by atoms with Crippen molar-refractivity contribution in [3.8, 4) is 0 Å². The van der Waals surface area contributed by atoms with E-state index in [4.69, 9.17) is 0 Å². The summed E-state index contributed by atoms with van der Waals surface area (Å²) in [5, 5.41) is 0. The van der Waals surface area contributed by atoms with Gasteiger partial charge in [0.15, 0.2) is 0 Å². The van der Waals surface area contributed by atoms with Crippen molar-refractivity contribution in [2.24, 2.45) is 0 Å². The molecular formula is C41H35N5O2. The summed E-state index contributed by atoms with van der Waals surface area (Å²) in [7, 11) is 1.64. The Morgan fingerprint density at radius 2 is 0.667 bits per heavy atom. The average molecular weight is 630 g/mol. The van der Waals surface area contributed by atoms with Crippen molar-refractivity contribution in [1.29, 1.82) is 0 Å². The van der Waals surface area contributed by atoms with Crippen molar-refractivity contribution < 1.29 is 9.59 Å². The van der Waals surface area contributed by atoms with E-state index in [9.17, 15) is 9.59 Å². The van der Waals surface area contributed by atoms with Gasteiger partial charge in [0.05, 0.1) is 33.9 Å². The topological polar surface area (TPSA) is 50.3 Å². The smallest absolute Gasteiger partial charge is 0.263 e. The van der Waals surface area contributed by atoms with E-state index in [1.807, 2.05) is 0 Å². The lowest BCUT2D eigenvalue weighted by Crippen LogP contribution is -2.29. The molecule has 48 heavy (non-hydrogen) atoms. The van der Waals surface area contributed by atoms with Crippen molar-refractivity contribution in [2.45, 2.75) is 25.7 Å².